The van der Waals surface area contributed by atoms with Crippen LogP contribution in [-0.4, -0.2) is 26.7 Å². The summed E-state index contributed by atoms with van der Waals surface area (Å²) >= 11 is 0. The minimum Gasteiger partial charge on any atom is -0.493 e. The van der Waals surface area contributed by atoms with E-state index in [2.05, 4.69) is 17.0 Å². The first-order chi connectivity index (χ1) is 8.17. The third-order valence-electron chi connectivity index (χ3n) is 2.62. The van der Waals surface area contributed by atoms with Gasteiger partial charge in [0.25, 0.3) is 0 Å². The van der Waals surface area contributed by atoms with E-state index in [-0.39, 0.29) is 12.4 Å². The molecule has 0 aliphatic carbocycles. The molecule has 0 bridgehead atoms. The van der Waals surface area contributed by atoms with Crippen molar-refractivity contribution in [2.24, 2.45) is 0 Å². The first-order valence-electron chi connectivity index (χ1n) is 5.64. The predicted molar refractivity (Wildman–Crippen MR) is 66.0 cm³/mol. The van der Waals surface area contributed by atoms with E-state index in [1.807, 2.05) is 31.3 Å². The van der Waals surface area contributed by atoms with E-state index >= 15 is 0 Å². The Morgan fingerprint density at radius 1 is 1.35 bits per heavy atom. The van der Waals surface area contributed by atoms with Crippen molar-refractivity contribution in [1.29, 1.82) is 0 Å². The fourth-order valence-corrected chi connectivity index (χ4v) is 1.37. The monoisotopic (exact) mass is 237 g/mol. The number of ether oxygens (including phenoxy) is 2. The Labute approximate surface area is 102 Å². The summed E-state index contributed by atoms with van der Waals surface area (Å²) in [5.41, 5.74) is 1.20. The second kappa shape index (κ2) is 6.91. The molecule has 0 spiro atoms. The molecule has 0 aliphatic rings. The lowest BCUT2D eigenvalue weighted by Crippen LogP contribution is -2.12. The molecule has 1 unspecified atom stereocenters. The van der Waals surface area contributed by atoms with Crippen molar-refractivity contribution in [1.82, 2.24) is 5.32 Å². The minimum atomic E-state index is -0.259. The van der Waals surface area contributed by atoms with Crippen LogP contribution in [0.15, 0.2) is 24.3 Å². The zero-order valence-electron chi connectivity index (χ0n) is 10.5. The predicted octanol–water partition coefficient (Wildman–Crippen LogP) is 1.91. The van der Waals surface area contributed by atoms with Crippen LogP contribution in [0.3, 0.4) is 0 Å². The van der Waals surface area contributed by atoms with Crippen LogP contribution in [0.25, 0.3) is 0 Å². The molecule has 0 saturated heterocycles. The second-order valence-corrected chi connectivity index (χ2v) is 3.75. The quantitative estimate of drug-likeness (QED) is 0.768. The lowest BCUT2D eigenvalue weighted by molar-refractivity contribution is -0.141. The first-order valence-corrected chi connectivity index (χ1v) is 5.64. The molecular formula is C13H19NO3. The van der Waals surface area contributed by atoms with E-state index < -0.39 is 0 Å². The molecule has 1 rings (SSSR count). The molecule has 1 aromatic carbocycles. The van der Waals surface area contributed by atoms with Crippen molar-refractivity contribution < 1.29 is 14.3 Å². The molecule has 0 amide bonds. The Balaban J connectivity index is 2.43. The van der Waals surface area contributed by atoms with Gasteiger partial charge in [-0.25, -0.2) is 0 Å². The number of carbonyl (C=O) groups is 1. The Kier molecular flexibility index (Phi) is 5.49. The number of esters is 1. The summed E-state index contributed by atoms with van der Waals surface area (Å²) in [5.74, 6) is 0.506. The molecule has 1 atom stereocenters. The van der Waals surface area contributed by atoms with Gasteiger partial charge in [0.15, 0.2) is 0 Å². The van der Waals surface area contributed by atoms with Gasteiger partial charge in [0.1, 0.15) is 5.75 Å². The molecule has 1 N–H and O–H groups in total. The highest BCUT2D eigenvalue weighted by Gasteiger charge is 2.03. The third kappa shape index (κ3) is 4.44. The van der Waals surface area contributed by atoms with E-state index in [0.717, 1.165) is 5.75 Å². The van der Waals surface area contributed by atoms with Gasteiger partial charge in [0.05, 0.1) is 20.1 Å². The van der Waals surface area contributed by atoms with E-state index in [4.69, 9.17) is 4.74 Å². The number of methoxy groups -OCH3 is 1. The van der Waals surface area contributed by atoms with Gasteiger partial charge in [-0.15, -0.1) is 0 Å². The molecule has 1 aromatic rings. The van der Waals surface area contributed by atoms with Crippen LogP contribution in [0.4, 0.5) is 0 Å². The SMILES string of the molecule is CNC(C)c1ccc(OCCC(=O)OC)cc1. The fourth-order valence-electron chi connectivity index (χ4n) is 1.37. The van der Waals surface area contributed by atoms with Crippen LogP contribution in [-0.2, 0) is 9.53 Å². The molecule has 4 heteroatoms. The van der Waals surface area contributed by atoms with E-state index in [0.29, 0.717) is 12.6 Å². The molecular weight excluding hydrogens is 218 g/mol. The van der Waals surface area contributed by atoms with Crippen molar-refractivity contribution in [3.63, 3.8) is 0 Å². The second-order valence-electron chi connectivity index (χ2n) is 3.75. The van der Waals surface area contributed by atoms with Crippen LogP contribution >= 0.6 is 0 Å². The number of carbonyl (C=O) groups excluding carboxylic acids is 1. The summed E-state index contributed by atoms with van der Waals surface area (Å²) in [6.07, 6.45) is 0.269. The average Bonchev–Trinajstić information content (AvgIpc) is 2.38. The van der Waals surface area contributed by atoms with Gasteiger partial charge in [-0.05, 0) is 31.7 Å². The normalized spacial score (nSPS) is 11.9. The maximum absolute atomic E-state index is 10.9. The highest BCUT2D eigenvalue weighted by molar-refractivity contribution is 5.69. The molecule has 0 radical (unpaired) electrons. The smallest absolute Gasteiger partial charge is 0.308 e. The van der Waals surface area contributed by atoms with Gasteiger partial charge in [0, 0.05) is 6.04 Å². The molecule has 0 fully saturated rings. The standard InChI is InChI=1S/C13H19NO3/c1-10(14-2)11-4-6-12(7-5-11)17-9-8-13(15)16-3/h4-7,10,14H,8-9H2,1-3H3. The van der Waals surface area contributed by atoms with Crippen molar-refractivity contribution in [2.75, 3.05) is 20.8 Å². The van der Waals surface area contributed by atoms with Gasteiger partial charge >= 0.3 is 5.97 Å². The van der Waals surface area contributed by atoms with Crippen molar-refractivity contribution in [3.05, 3.63) is 29.8 Å². The Morgan fingerprint density at radius 3 is 2.53 bits per heavy atom. The fraction of sp³-hybridized carbons (Fsp3) is 0.462. The van der Waals surface area contributed by atoms with Crippen LogP contribution < -0.4 is 10.1 Å². The molecule has 0 saturated carbocycles. The maximum atomic E-state index is 10.9. The van der Waals surface area contributed by atoms with Gasteiger partial charge in [-0.2, -0.15) is 0 Å². The van der Waals surface area contributed by atoms with Crippen LogP contribution in [0, 0.1) is 0 Å². The van der Waals surface area contributed by atoms with Crippen molar-refractivity contribution in [2.45, 2.75) is 19.4 Å². The molecule has 4 nitrogen and oxygen atoms in total. The van der Waals surface area contributed by atoms with Gasteiger partial charge in [-0.1, -0.05) is 12.1 Å². The topological polar surface area (TPSA) is 47.6 Å². The Bertz CT molecular complexity index is 348. The number of nitrogens with one attached hydrogen (secondary N) is 1. The van der Waals surface area contributed by atoms with Crippen molar-refractivity contribution >= 4 is 5.97 Å². The average molecular weight is 237 g/mol. The summed E-state index contributed by atoms with van der Waals surface area (Å²) in [7, 11) is 3.29. The lowest BCUT2D eigenvalue weighted by atomic mass is 10.1. The zero-order valence-corrected chi connectivity index (χ0v) is 10.5. The summed E-state index contributed by atoms with van der Waals surface area (Å²) in [5, 5.41) is 3.16. The highest BCUT2D eigenvalue weighted by Crippen LogP contribution is 2.17. The van der Waals surface area contributed by atoms with Crippen LogP contribution in [0.2, 0.25) is 0 Å². The Morgan fingerprint density at radius 2 is 2.00 bits per heavy atom. The van der Waals surface area contributed by atoms with Gasteiger partial charge in [0.2, 0.25) is 0 Å². The third-order valence-corrected chi connectivity index (χ3v) is 2.62. The molecule has 0 aromatic heterocycles. The summed E-state index contributed by atoms with van der Waals surface area (Å²) in [6.45, 7) is 2.43. The number of hydrogen-bond acceptors (Lipinski definition) is 4. The summed E-state index contributed by atoms with van der Waals surface area (Å²) in [6, 6.07) is 8.14. The van der Waals surface area contributed by atoms with E-state index in [1.165, 1.54) is 12.7 Å². The zero-order chi connectivity index (χ0) is 12.7. The van der Waals surface area contributed by atoms with E-state index in [9.17, 15) is 4.79 Å². The number of hydrogen-bond donors (Lipinski definition) is 1. The molecule has 0 aliphatic heterocycles. The number of benzene rings is 1. The van der Waals surface area contributed by atoms with Crippen LogP contribution in [0.5, 0.6) is 5.75 Å². The molecule has 94 valence electrons. The van der Waals surface area contributed by atoms with Crippen molar-refractivity contribution in [3.8, 4) is 5.75 Å². The first kappa shape index (κ1) is 13.5. The molecule has 0 heterocycles. The maximum Gasteiger partial charge on any atom is 0.308 e. The largest absolute Gasteiger partial charge is 0.493 e. The molecule has 17 heavy (non-hydrogen) atoms. The number of rotatable bonds is 6. The van der Waals surface area contributed by atoms with Crippen LogP contribution in [0.1, 0.15) is 24.9 Å². The van der Waals surface area contributed by atoms with E-state index in [1.54, 1.807) is 0 Å². The summed E-state index contributed by atoms with van der Waals surface area (Å²) < 4.78 is 9.95. The highest BCUT2D eigenvalue weighted by atomic mass is 16.5. The minimum absolute atomic E-state index is 0.259. The van der Waals surface area contributed by atoms with Gasteiger partial charge in [-0.3, -0.25) is 4.79 Å². The van der Waals surface area contributed by atoms with Gasteiger partial charge < -0.3 is 14.8 Å². The Hall–Kier alpha value is -1.55. The lowest BCUT2D eigenvalue weighted by Gasteiger charge is -2.11. The summed E-state index contributed by atoms with van der Waals surface area (Å²) in [4.78, 5) is 10.9.